The summed E-state index contributed by atoms with van der Waals surface area (Å²) in [4.78, 5) is 19.6. The molecular formula is C25H30BrN5OS. The van der Waals surface area contributed by atoms with Gasteiger partial charge in [0.2, 0.25) is 0 Å². The van der Waals surface area contributed by atoms with Gasteiger partial charge in [-0.3, -0.25) is 5.32 Å². The number of anilines is 2. The number of thiazole rings is 1. The third kappa shape index (κ3) is 5.75. The van der Waals surface area contributed by atoms with E-state index in [4.69, 9.17) is 0 Å². The fourth-order valence-electron chi connectivity index (χ4n) is 4.04. The summed E-state index contributed by atoms with van der Waals surface area (Å²) < 4.78 is 1.05. The Balaban J connectivity index is 1.33. The summed E-state index contributed by atoms with van der Waals surface area (Å²) >= 11 is 4.93. The molecule has 1 aromatic heterocycles. The molecular weight excluding hydrogens is 498 g/mol. The highest BCUT2D eigenvalue weighted by atomic mass is 79.9. The van der Waals surface area contributed by atoms with Gasteiger partial charge in [-0.1, -0.05) is 54.0 Å². The van der Waals surface area contributed by atoms with E-state index in [0.29, 0.717) is 11.7 Å². The van der Waals surface area contributed by atoms with Crippen molar-refractivity contribution in [1.82, 2.24) is 15.6 Å². The highest BCUT2D eigenvalue weighted by molar-refractivity contribution is 9.10. The molecule has 0 bridgehead atoms. The lowest BCUT2D eigenvalue weighted by molar-refractivity contribution is 0.251. The standard InChI is InChI=1S/C25H30BrN5OS/c1-17-14-18(4-9-21(17)31-12-10-27-11-13-31)15-28-23(32)30-24-29-22(16-33-24)25(2,3)19-5-7-20(26)8-6-19/h4-9,14,16,27H,10-13,15H2,1-3H3,(H2,28,29,30,32). The maximum Gasteiger partial charge on any atom is 0.321 e. The predicted molar refractivity (Wildman–Crippen MR) is 141 cm³/mol. The van der Waals surface area contributed by atoms with Crippen molar-refractivity contribution in [2.45, 2.75) is 32.7 Å². The number of hydrogen-bond acceptors (Lipinski definition) is 5. The third-order valence-corrected chi connectivity index (χ3v) is 7.39. The lowest BCUT2D eigenvalue weighted by atomic mass is 9.82. The fraction of sp³-hybridized carbons (Fsp3) is 0.360. The molecule has 4 rings (SSSR count). The Morgan fingerprint density at radius 1 is 1.18 bits per heavy atom. The number of carbonyl (C=O) groups is 1. The Bertz CT molecular complexity index is 1110. The van der Waals surface area contributed by atoms with Crippen LogP contribution in [0, 0.1) is 6.92 Å². The maximum atomic E-state index is 12.5. The van der Waals surface area contributed by atoms with E-state index in [1.807, 2.05) is 17.5 Å². The number of hydrogen-bond donors (Lipinski definition) is 3. The van der Waals surface area contributed by atoms with Crippen LogP contribution in [0.2, 0.25) is 0 Å². The van der Waals surface area contributed by atoms with Crippen LogP contribution in [0.3, 0.4) is 0 Å². The molecule has 2 amide bonds. The molecule has 0 saturated carbocycles. The molecule has 3 N–H and O–H groups in total. The minimum atomic E-state index is -0.253. The molecule has 0 spiro atoms. The zero-order chi connectivity index (χ0) is 23.4. The van der Waals surface area contributed by atoms with Crippen LogP contribution < -0.4 is 20.9 Å². The molecule has 3 aromatic rings. The van der Waals surface area contributed by atoms with Crippen molar-refractivity contribution in [2.24, 2.45) is 0 Å². The Morgan fingerprint density at radius 3 is 2.61 bits per heavy atom. The highest BCUT2D eigenvalue weighted by Crippen LogP contribution is 2.34. The van der Waals surface area contributed by atoms with Crippen molar-refractivity contribution < 1.29 is 4.79 Å². The lowest BCUT2D eigenvalue weighted by Crippen LogP contribution is -2.43. The number of piperazine rings is 1. The molecule has 0 atom stereocenters. The molecule has 1 fully saturated rings. The first-order valence-corrected chi connectivity index (χ1v) is 12.8. The van der Waals surface area contributed by atoms with Crippen LogP contribution in [0.25, 0.3) is 0 Å². The van der Waals surface area contributed by atoms with Crippen LogP contribution in [0.4, 0.5) is 15.6 Å². The number of nitrogens with zero attached hydrogens (tertiary/aromatic N) is 2. The summed E-state index contributed by atoms with van der Waals surface area (Å²) in [6.45, 7) is 11.0. The second-order valence-corrected chi connectivity index (χ2v) is 10.6. The monoisotopic (exact) mass is 527 g/mol. The maximum absolute atomic E-state index is 12.5. The molecule has 33 heavy (non-hydrogen) atoms. The number of nitrogens with one attached hydrogen (secondary N) is 3. The van der Waals surface area contributed by atoms with E-state index in [-0.39, 0.29) is 11.4 Å². The van der Waals surface area contributed by atoms with Crippen LogP contribution in [0.5, 0.6) is 0 Å². The average Bonchev–Trinajstić information content (AvgIpc) is 3.28. The van der Waals surface area contributed by atoms with Gasteiger partial charge >= 0.3 is 6.03 Å². The molecule has 1 aliphatic heterocycles. The molecule has 0 radical (unpaired) electrons. The van der Waals surface area contributed by atoms with E-state index < -0.39 is 0 Å². The molecule has 1 aliphatic rings. The van der Waals surface area contributed by atoms with Crippen LogP contribution >= 0.6 is 27.3 Å². The van der Waals surface area contributed by atoms with E-state index in [2.05, 4.69) is 92.9 Å². The van der Waals surface area contributed by atoms with Gasteiger partial charge in [-0.2, -0.15) is 0 Å². The van der Waals surface area contributed by atoms with Crippen molar-refractivity contribution in [3.63, 3.8) is 0 Å². The topological polar surface area (TPSA) is 69.3 Å². The first-order chi connectivity index (χ1) is 15.8. The number of halogens is 1. The number of rotatable bonds is 6. The zero-order valence-corrected chi connectivity index (χ0v) is 21.6. The Hall–Kier alpha value is -2.42. The summed E-state index contributed by atoms with van der Waals surface area (Å²) in [6.07, 6.45) is 0. The van der Waals surface area contributed by atoms with Crippen LogP contribution in [0.1, 0.15) is 36.2 Å². The van der Waals surface area contributed by atoms with Crippen LogP contribution in [-0.2, 0) is 12.0 Å². The van der Waals surface area contributed by atoms with Crippen molar-refractivity contribution in [2.75, 3.05) is 36.4 Å². The average molecular weight is 529 g/mol. The highest BCUT2D eigenvalue weighted by Gasteiger charge is 2.26. The largest absolute Gasteiger partial charge is 0.369 e. The molecule has 2 aromatic carbocycles. The van der Waals surface area contributed by atoms with E-state index in [1.54, 1.807) is 0 Å². The lowest BCUT2D eigenvalue weighted by Gasteiger charge is -2.30. The summed E-state index contributed by atoms with van der Waals surface area (Å²) in [5, 5.41) is 11.8. The predicted octanol–water partition coefficient (Wildman–Crippen LogP) is 5.27. The second kappa shape index (κ2) is 10.2. The SMILES string of the molecule is Cc1cc(CNC(=O)Nc2nc(C(C)(C)c3ccc(Br)cc3)cs2)ccc1N1CCNCC1. The van der Waals surface area contributed by atoms with E-state index in [0.717, 1.165) is 41.9 Å². The fourth-order valence-corrected chi connectivity index (χ4v) is 5.18. The molecule has 8 heteroatoms. The smallest absolute Gasteiger partial charge is 0.321 e. The van der Waals surface area contributed by atoms with Crippen molar-refractivity contribution >= 4 is 44.1 Å². The first kappa shape index (κ1) is 23.7. The molecule has 0 aliphatic carbocycles. The van der Waals surface area contributed by atoms with E-state index >= 15 is 0 Å². The van der Waals surface area contributed by atoms with Gasteiger partial charge in [-0.15, -0.1) is 11.3 Å². The Kier molecular flexibility index (Phi) is 7.36. The summed E-state index contributed by atoms with van der Waals surface area (Å²) in [7, 11) is 0. The third-order valence-electron chi connectivity index (χ3n) is 6.10. The van der Waals surface area contributed by atoms with Gasteiger partial charge in [0.15, 0.2) is 5.13 Å². The molecule has 0 unspecified atom stereocenters. The van der Waals surface area contributed by atoms with Gasteiger partial charge in [0.05, 0.1) is 5.69 Å². The summed E-state index contributed by atoms with van der Waals surface area (Å²) in [5.41, 5.74) is 5.44. The minimum absolute atomic E-state index is 0.249. The van der Waals surface area contributed by atoms with Gasteiger partial charge < -0.3 is 15.5 Å². The van der Waals surface area contributed by atoms with Gasteiger partial charge in [-0.05, 0) is 41.8 Å². The molecule has 1 saturated heterocycles. The van der Waals surface area contributed by atoms with E-state index in [1.165, 1.54) is 28.2 Å². The number of benzene rings is 2. The first-order valence-electron chi connectivity index (χ1n) is 11.1. The number of urea groups is 1. The number of amides is 2. The minimum Gasteiger partial charge on any atom is -0.369 e. The molecule has 6 nitrogen and oxygen atoms in total. The van der Waals surface area contributed by atoms with Gasteiger partial charge in [0, 0.05) is 53.7 Å². The molecule has 174 valence electrons. The second-order valence-electron chi connectivity index (χ2n) is 8.84. The van der Waals surface area contributed by atoms with Crippen LogP contribution in [0.15, 0.2) is 52.3 Å². The van der Waals surface area contributed by atoms with Gasteiger partial charge in [0.25, 0.3) is 0 Å². The number of carbonyl (C=O) groups excluding carboxylic acids is 1. The van der Waals surface area contributed by atoms with Crippen molar-refractivity contribution in [3.8, 4) is 0 Å². The Labute approximate surface area is 207 Å². The van der Waals surface area contributed by atoms with Crippen molar-refractivity contribution in [1.29, 1.82) is 0 Å². The summed E-state index contributed by atoms with van der Waals surface area (Å²) in [5.74, 6) is 0. The quantitative estimate of drug-likeness (QED) is 0.408. The summed E-state index contributed by atoms with van der Waals surface area (Å²) in [6, 6.07) is 14.4. The number of aromatic nitrogens is 1. The normalized spacial score (nSPS) is 14.2. The van der Waals surface area contributed by atoms with Crippen LogP contribution in [-0.4, -0.2) is 37.2 Å². The number of aryl methyl sites for hydroxylation is 1. The van der Waals surface area contributed by atoms with E-state index in [9.17, 15) is 4.79 Å². The zero-order valence-electron chi connectivity index (χ0n) is 19.2. The van der Waals surface area contributed by atoms with Gasteiger partial charge in [0.1, 0.15) is 0 Å². The van der Waals surface area contributed by atoms with Crippen molar-refractivity contribution in [3.05, 3.63) is 74.7 Å². The van der Waals surface area contributed by atoms with Gasteiger partial charge in [-0.25, -0.2) is 9.78 Å². The molecule has 2 heterocycles. The Morgan fingerprint density at radius 2 is 1.91 bits per heavy atom.